The highest BCUT2D eigenvalue weighted by Crippen LogP contribution is 2.49. The second-order valence-electron chi connectivity index (χ2n) is 11.4. The quantitative estimate of drug-likeness (QED) is 0.201. The van der Waals surface area contributed by atoms with E-state index in [1.54, 1.807) is 53.4 Å². The van der Waals surface area contributed by atoms with Gasteiger partial charge in [-0.25, -0.2) is 0 Å². The number of nitrogens with zero attached hydrogens (tertiary/aromatic N) is 1. The zero-order valence-corrected chi connectivity index (χ0v) is 25.1. The summed E-state index contributed by atoms with van der Waals surface area (Å²) >= 11 is 1.20. The molecule has 7 rings (SSSR count). The maximum Gasteiger partial charge on any atom is 0.262 e. The maximum atomic E-state index is 14.1. The second kappa shape index (κ2) is 11.2. The highest BCUT2D eigenvalue weighted by atomic mass is 32.1. The van der Waals surface area contributed by atoms with Gasteiger partial charge in [0.1, 0.15) is 17.0 Å². The van der Waals surface area contributed by atoms with Crippen LogP contribution >= 0.6 is 11.3 Å². The van der Waals surface area contributed by atoms with Crippen LogP contribution in [0.3, 0.4) is 0 Å². The summed E-state index contributed by atoms with van der Waals surface area (Å²) < 4.78 is 6.58. The van der Waals surface area contributed by atoms with E-state index in [-0.39, 0.29) is 17.9 Å². The molecule has 2 amide bonds. The van der Waals surface area contributed by atoms with E-state index in [1.807, 2.05) is 48.5 Å². The van der Waals surface area contributed by atoms with Gasteiger partial charge in [0.15, 0.2) is 5.78 Å². The fourth-order valence-corrected chi connectivity index (χ4v) is 7.54. The Balaban J connectivity index is 1.19. The molecule has 7 N–H and O–H groups in total. The van der Waals surface area contributed by atoms with Crippen LogP contribution in [0.2, 0.25) is 0 Å². The standard InChI is InChI=1S/C35H31N5O4S/c36-26-16-15-25-27-28(29(37)32(41)35(25,38)21-11-13-24(14-12-21)44-23-9-5-2-6-10-23)31(45-30(26)27)33(42)39-22-17-18-40(19-22)34(43)20-7-3-1-4-8-20/h1-16,22,29H,17-19,36-38H2,(H,39,42). The summed E-state index contributed by atoms with van der Waals surface area (Å²) in [6, 6.07) is 27.6. The van der Waals surface area contributed by atoms with Crippen LogP contribution in [0.5, 0.6) is 11.5 Å². The largest absolute Gasteiger partial charge is 0.457 e. The number of ether oxygens (including phenoxy) is 1. The number of likely N-dealkylation sites (tertiary alicyclic amines) is 1. The lowest BCUT2D eigenvalue weighted by Crippen LogP contribution is -2.52. The van der Waals surface area contributed by atoms with Crippen LogP contribution in [0.4, 0.5) is 5.69 Å². The third-order valence-corrected chi connectivity index (χ3v) is 9.89. The summed E-state index contributed by atoms with van der Waals surface area (Å²) in [7, 11) is 0. The molecule has 0 spiro atoms. The first-order chi connectivity index (χ1) is 21.8. The molecule has 3 atom stereocenters. The Morgan fingerprint density at radius 1 is 0.911 bits per heavy atom. The van der Waals surface area contributed by atoms with E-state index >= 15 is 0 Å². The van der Waals surface area contributed by atoms with Crippen molar-refractivity contribution in [2.24, 2.45) is 11.5 Å². The summed E-state index contributed by atoms with van der Waals surface area (Å²) in [6.45, 7) is 0.909. The van der Waals surface area contributed by atoms with Crippen LogP contribution in [0.1, 0.15) is 49.2 Å². The van der Waals surface area contributed by atoms with Gasteiger partial charge in [0.2, 0.25) is 0 Å². The number of Topliss-reactive ketones (excluding diaryl/α,β-unsaturated/α-hetero) is 1. The fraction of sp³-hybridized carbons (Fsp3) is 0.171. The predicted molar refractivity (Wildman–Crippen MR) is 174 cm³/mol. The van der Waals surface area contributed by atoms with E-state index in [9.17, 15) is 14.4 Å². The van der Waals surface area contributed by atoms with E-state index in [0.29, 0.717) is 73.9 Å². The van der Waals surface area contributed by atoms with Crippen LogP contribution in [-0.4, -0.2) is 41.6 Å². The lowest BCUT2D eigenvalue weighted by Gasteiger charge is -2.36. The van der Waals surface area contributed by atoms with Crippen molar-refractivity contribution in [2.45, 2.75) is 24.0 Å². The molecule has 4 aromatic carbocycles. The van der Waals surface area contributed by atoms with Crippen molar-refractivity contribution in [3.63, 3.8) is 0 Å². The van der Waals surface area contributed by atoms with E-state index in [2.05, 4.69) is 5.32 Å². The minimum atomic E-state index is -1.57. The molecule has 0 radical (unpaired) electrons. The number of amides is 2. The molecular weight excluding hydrogens is 586 g/mol. The highest BCUT2D eigenvalue weighted by molar-refractivity contribution is 7.21. The van der Waals surface area contributed by atoms with Gasteiger partial charge in [0.05, 0.1) is 15.6 Å². The molecular formula is C35H31N5O4S. The van der Waals surface area contributed by atoms with Crippen molar-refractivity contribution in [2.75, 3.05) is 18.8 Å². The van der Waals surface area contributed by atoms with Gasteiger partial charge < -0.3 is 32.2 Å². The molecule has 1 saturated heterocycles. The van der Waals surface area contributed by atoms with Crippen LogP contribution in [0, 0.1) is 0 Å². The normalized spacial score (nSPS) is 20.8. The molecule has 10 heteroatoms. The molecule has 9 nitrogen and oxygen atoms in total. The summed E-state index contributed by atoms with van der Waals surface area (Å²) in [6.07, 6.45) is 0.610. The topological polar surface area (TPSA) is 154 Å². The molecule has 2 aliphatic rings. The highest BCUT2D eigenvalue weighted by Gasteiger charge is 2.49. The van der Waals surface area contributed by atoms with Crippen molar-refractivity contribution in [3.8, 4) is 11.5 Å². The molecule has 0 bridgehead atoms. The van der Waals surface area contributed by atoms with Gasteiger partial charge >= 0.3 is 0 Å². The number of anilines is 1. The Hall–Kier alpha value is -5.03. The van der Waals surface area contributed by atoms with Crippen molar-refractivity contribution < 1.29 is 19.1 Å². The molecule has 1 aliphatic carbocycles. The molecule has 1 fully saturated rings. The second-order valence-corrected chi connectivity index (χ2v) is 12.4. The van der Waals surface area contributed by atoms with Gasteiger partial charge in [-0.2, -0.15) is 0 Å². The molecule has 5 aromatic rings. The average Bonchev–Trinajstić information content (AvgIpc) is 3.70. The number of nitrogen functional groups attached to an aromatic ring is 1. The van der Waals surface area contributed by atoms with Gasteiger partial charge in [-0.1, -0.05) is 54.6 Å². The van der Waals surface area contributed by atoms with Crippen molar-refractivity contribution >= 4 is 44.7 Å². The number of rotatable bonds is 6. The summed E-state index contributed by atoms with van der Waals surface area (Å²) in [5.41, 5.74) is 21.1. The number of carbonyl (C=O) groups excluding carboxylic acids is 3. The fourth-order valence-electron chi connectivity index (χ4n) is 6.33. The molecule has 1 aliphatic heterocycles. The lowest BCUT2D eigenvalue weighted by atomic mass is 9.70. The number of para-hydroxylation sites is 1. The third kappa shape index (κ3) is 4.83. The van der Waals surface area contributed by atoms with Gasteiger partial charge in [-0.15, -0.1) is 11.3 Å². The smallest absolute Gasteiger partial charge is 0.262 e. The van der Waals surface area contributed by atoms with E-state index in [0.717, 1.165) is 0 Å². The number of hydrogen-bond donors (Lipinski definition) is 4. The molecule has 2 heterocycles. The number of ketones is 1. The van der Waals surface area contributed by atoms with Gasteiger partial charge in [-0.05, 0) is 60.0 Å². The first kappa shape index (κ1) is 28.7. The molecule has 226 valence electrons. The van der Waals surface area contributed by atoms with Gasteiger partial charge in [0.25, 0.3) is 11.8 Å². The summed E-state index contributed by atoms with van der Waals surface area (Å²) in [4.78, 5) is 42.9. The Morgan fingerprint density at radius 3 is 2.29 bits per heavy atom. The summed E-state index contributed by atoms with van der Waals surface area (Å²) in [5.74, 6) is 0.421. The van der Waals surface area contributed by atoms with E-state index in [1.165, 1.54) is 11.3 Å². The summed E-state index contributed by atoms with van der Waals surface area (Å²) in [5, 5.41) is 3.70. The Bertz CT molecular complexity index is 1940. The van der Waals surface area contributed by atoms with Crippen LogP contribution in [-0.2, 0) is 10.3 Å². The number of thiophene rings is 1. The monoisotopic (exact) mass is 617 g/mol. The molecule has 0 saturated carbocycles. The molecule has 1 aromatic heterocycles. The Morgan fingerprint density at radius 2 is 1.58 bits per heavy atom. The zero-order chi connectivity index (χ0) is 31.3. The van der Waals surface area contributed by atoms with E-state index < -0.39 is 17.4 Å². The van der Waals surface area contributed by atoms with Crippen LogP contribution in [0.25, 0.3) is 10.1 Å². The van der Waals surface area contributed by atoms with Gasteiger partial charge in [-0.3, -0.25) is 14.4 Å². The maximum absolute atomic E-state index is 14.1. The van der Waals surface area contributed by atoms with Crippen molar-refractivity contribution in [3.05, 3.63) is 124 Å². The third-order valence-electron chi connectivity index (χ3n) is 8.64. The number of nitrogens with two attached hydrogens (primary N) is 3. The van der Waals surface area contributed by atoms with Crippen molar-refractivity contribution in [1.82, 2.24) is 10.2 Å². The van der Waals surface area contributed by atoms with Crippen LogP contribution in [0.15, 0.2) is 97.1 Å². The predicted octanol–water partition coefficient (Wildman–Crippen LogP) is 4.71. The van der Waals surface area contributed by atoms with Crippen molar-refractivity contribution in [1.29, 1.82) is 0 Å². The van der Waals surface area contributed by atoms with E-state index in [4.69, 9.17) is 21.9 Å². The number of benzene rings is 4. The zero-order valence-electron chi connectivity index (χ0n) is 24.2. The minimum absolute atomic E-state index is 0.0757. The average molecular weight is 618 g/mol. The SMILES string of the molecule is Nc1ccc2c3c(c(C(=O)NC4CCN(C(=O)c5ccccc5)C4)sc13)C(N)C(=O)C2(N)c1ccc(Oc2ccccc2)cc1. The minimum Gasteiger partial charge on any atom is -0.457 e. The molecule has 3 unspecified atom stereocenters. The lowest BCUT2D eigenvalue weighted by molar-refractivity contribution is -0.124. The van der Waals surface area contributed by atoms with Gasteiger partial charge in [0, 0.05) is 41.3 Å². The first-order valence-corrected chi connectivity index (χ1v) is 15.5. The first-order valence-electron chi connectivity index (χ1n) is 14.7. The Kier molecular flexibility index (Phi) is 7.12. The number of carbonyl (C=O) groups is 3. The Labute approximate surface area is 263 Å². The number of hydrogen-bond acceptors (Lipinski definition) is 8. The molecule has 45 heavy (non-hydrogen) atoms. The number of nitrogens with one attached hydrogen (secondary N) is 1. The van der Waals surface area contributed by atoms with Crippen LogP contribution < -0.4 is 27.3 Å².